The summed E-state index contributed by atoms with van der Waals surface area (Å²) in [6, 6.07) is 16.3. The van der Waals surface area contributed by atoms with Crippen molar-refractivity contribution >= 4 is 18.0 Å². The molecule has 2 N–H and O–H groups in total. The van der Waals surface area contributed by atoms with Crippen LogP contribution in [0.1, 0.15) is 29.9 Å². The molecule has 2 aromatic rings. The number of carbonyl (C=O) groups excluding carboxylic acids is 2. The second-order valence-electron chi connectivity index (χ2n) is 9.36. The van der Waals surface area contributed by atoms with Gasteiger partial charge in [0, 0.05) is 32.2 Å². The summed E-state index contributed by atoms with van der Waals surface area (Å²) >= 11 is 0. The fraction of sp³-hybridized carbons (Fsp3) is 0.423. The number of rotatable bonds is 6. The molecule has 0 radical (unpaired) electrons. The van der Waals surface area contributed by atoms with E-state index < -0.39 is 23.4 Å². The molecule has 2 fully saturated rings. The average Bonchev–Trinajstić information content (AvgIpc) is 3.14. The number of alkyl carbamates (subject to hydrolysis) is 1. The molecule has 2 heterocycles. The van der Waals surface area contributed by atoms with Gasteiger partial charge in [-0.3, -0.25) is 9.59 Å². The molecule has 178 valence electrons. The van der Waals surface area contributed by atoms with E-state index in [2.05, 4.69) is 29.6 Å². The number of fused-ring (bicyclic) bond motifs is 3. The molecule has 1 aliphatic carbocycles. The Kier molecular flexibility index (Phi) is 6.00. The van der Waals surface area contributed by atoms with Gasteiger partial charge in [0.15, 0.2) is 0 Å². The Morgan fingerprint density at radius 1 is 1.06 bits per heavy atom. The van der Waals surface area contributed by atoms with E-state index in [0.717, 1.165) is 22.3 Å². The van der Waals surface area contributed by atoms with E-state index in [1.165, 1.54) is 0 Å². The van der Waals surface area contributed by atoms with E-state index in [1.807, 2.05) is 24.3 Å². The summed E-state index contributed by atoms with van der Waals surface area (Å²) in [6.45, 7) is 1.45. The van der Waals surface area contributed by atoms with E-state index in [-0.39, 0.29) is 44.7 Å². The summed E-state index contributed by atoms with van der Waals surface area (Å²) in [6.07, 6.45) is 0.699. The summed E-state index contributed by atoms with van der Waals surface area (Å²) in [5, 5.41) is 11.9. The summed E-state index contributed by atoms with van der Waals surface area (Å²) in [4.78, 5) is 38.5. The zero-order valence-corrected chi connectivity index (χ0v) is 18.9. The number of benzene rings is 2. The number of hydrogen-bond donors (Lipinski definition) is 2. The Bertz CT molecular complexity index is 1060. The van der Waals surface area contributed by atoms with Crippen LogP contribution in [0.25, 0.3) is 11.1 Å². The first-order chi connectivity index (χ1) is 16.5. The predicted molar refractivity (Wildman–Crippen MR) is 123 cm³/mol. The number of amides is 2. The Hall–Kier alpha value is -3.39. The Morgan fingerprint density at radius 3 is 2.29 bits per heavy atom. The number of likely N-dealkylation sites (tertiary alicyclic amines) is 1. The van der Waals surface area contributed by atoms with Crippen molar-refractivity contribution in [3.8, 4) is 11.1 Å². The zero-order valence-electron chi connectivity index (χ0n) is 18.9. The van der Waals surface area contributed by atoms with Crippen LogP contribution < -0.4 is 5.32 Å². The van der Waals surface area contributed by atoms with Gasteiger partial charge in [0.2, 0.25) is 5.91 Å². The third-order valence-corrected chi connectivity index (χ3v) is 7.21. The first-order valence-corrected chi connectivity index (χ1v) is 11.7. The van der Waals surface area contributed by atoms with Gasteiger partial charge in [-0.05, 0) is 35.1 Å². The van der Waals surface area contributed by atoms with Crippen LogP contribution in [-0.4, -0.2) is 67.4 Å². The first-order valence-electron chi connectivity index (χ1n) is 11.7. The van der Waals surface area contributed by atoms with Crippen molar-refractivity contribution in [1.82, 2.24) is 10.2 Å². The number of hydrogen-bond acceptors (Lipinski definition) is 5. The zero-order chi connectivity index (χ0) is 23.7. The van der Waals surface area contributed by atoms with Crippen LogP contribution >= 0.6 is 0 Å². The van der Waals surface area contributed by atoms with E-state index >= 15 is 0 Å². The van der Waals surface area contributed by atoms with Gasteiger partial charge < -0.3 is 24.8 Å². The number of nitrogens with one attached hydrogen (secondary N) is 1. The molecular formula is C26H28N2O6. The quantitative estimate of drug-likeness (QED) is 0.681. The minimum atomic E-state index is -0.896. The van der Waals surface area contributed by atoms with Gasteiger partial charge in [0.25, 0.3) is 0 Å². The predicted octanol–water partition coefficient (Wildman–Crippen LogP) is 2.86. The molecule has 1 atom stereocenters. The van der Waals surface area contributed by atoms with Crippen LogP contribution in [-0.2, 0) is 19.1 Å². The van der Waals surface area contributed by atoms with E-state index in [1.54, 1.807) is 4.90 Å². The minimum absolute atomic E-state index is 0.0409. The molecule has 5 rings (SSSR count). The van der Waals surface area contributed by atoms with Gasteiger partial charge in [-0.2, -0.15) is 0 Å². The second-order valence-corrected chi connectivity index (χ2v) is 9.36. The molecule has 2 amide bonds. The average molecular weight is 465 g/mol. The molecule has 0 bridgehead atoms. The summed E-state index contributed by atoms with van der Waals surface area (Å²) < 4.78 is 11.2. The minimum Gasteiger partial charge on any atom is -0.481 e. The Balaban J connectivity index is 1.21. The van der Waals surface area contributed by atoms with Crippen LogP contribution in [0.15, 0.2) is 48.5 Å². The topological polar surface area (TPSA) is 105 Å². The van der Waals surface area contributed by atoms with Gasteiger partial charge in [-0.25, -0.2) is 4.79 Å². The lowest BCUT2D eigenvalue weighted by molar-refractivity contribution is -0.162. The highest BCUT2D eigenvalue weighted by Crippen LogP contribution is 2.44. The maximum atomic E-state index is 13.2. The lowest BCUT2D eigenvalue weighted by atomic mass is 9.79. The molecule has 0 saturated carbocycles. The van der Waals surface area contributed by atoms with Crippen molar-refractivity contribution in [3.05, 3.63) is 59.7 Å². The molecule has 2 aromatic carbocycles. The highest BCUT2D eigenvalue weighted by atomic mass is 16.5. The van der Waals surface area contributed by atoms with Crippen molar-refractivity contribution in [2.75, 3.05) is 39.5 Å². The molecule has 8 heteroatoms. The van der Waals surface area contributed by atoms with Crippen LogP contribution in [0.4, 0.5) is 4.79 Å². The number of carbonyl (C=O) groups is 3. The largest absolute Gasteiger partial charge is 0.481 e. The molecule has 0 spiro atoms. The van der Waals surface area contributed by atoms with E-state index in [0.29, 0.717) is 19.4 Å². The lowest BCUT2D eigenvalue weighted by Crippen LogP contribution is -2.61. The molecule has 1 unspecified atom stereocenters. The van der Waals surface area contributed by atoms with Crippen molar-refractivity contribution in [2.24, 2.45) is 11.3 Å². The molecule has 2 saturated heterocycles. The van der Waals surface area contributed by atoms with Crippen molar-refractivity contribution in [2.45, 2.75) is 18.8 Å². The van der Waals surface area contributed by atoms with Crippen LogP contribution in [0.5, 0.6) is 0 Å². The van der Waals surface area contributed by atoms with Crippen molar-refractivity contribution in [3.63, 3.8) is 0 Å². The third-order valence-electron chi connectivity index (χ3n) is 7.21. The second kappa shape index (κ2) is 9.10. The highest BCUT2D eigenvalue weighted by molar-refractivity contribution is 5.86. The van der Waals surface area contributed by atoms with E-state index in [9.17, 15) is 14.4 Å². The summed E-state index contributed by atoms with van der Waals surface area (Å²) in [7, 11) is 0. The Morgan fingerprint density at radius 2 is 1.71 bits per heavy atom. The van der Waals surface area contributed by atoms with Crippen LogP contribution in [0.2, 0.25) is 0 Å². The summed E-state index contributed by atoms with van der Waals surface area (Å²) in [5.41, 5.74) is 3.69. The van der Waals surface area contributed by atoms with Gasteiger partial charge >= 0.3 is 12.1 Å². The first kappa shape index (κ1) is 22.4. The molecule has 3 aliphatic rings. The smallest absolute Gasteiger partial charge is 0.407 e. The molecular weight excluding hydrogens is 436 g/mol. The lowest BCUT2D eigenvalue weighted by Gasteiger charge is -2.44. The maximum absolute atomic E-state index is 13.2. The molecule has 34 heavy (non-hydrogen) atoms. The maximum Gasteiger partial charge on any atom is 0.407 e. The van der Waals surface area contributed by atoms with Gasteiger partial charge in [0.05, 0.1) is 17.9 Å². The third kappa shape index (κ3) is 4.03. The van der Waals surface area contributed by atoms with Gasteiger partial charge in [-0.15, -0.1) is 0 Å². The van der Waals surface area contributed by atoms with Gasteiger partial charge in [-0.1, -0.05) is 48.5 Å². The number of aliphatic carboxylic acids is 1. The number of carboxylic acids is 1. The monoisotopic (exact) mass is 464 g/mol. The number of carboxylic acid groups (broad SMARTS) is 1. The fourth-order valence-electron chi connectivity index (χ4n) is 5.26. The normalized spacial score (nSPS) is 21.8. The SMILES string of the molecule is O=C(NCC1(C(=O)N2CC(C(=O)O)C2)CCCOC1)OCC1c2ccccc2-c2ccccc21. The van der Waals surface area contributed by atoms with Crippen molar-refractivity contribution in [1.29, 1.82) is 0 Å². The fourth-order valence-corrected chi connectivity index (χ4v) is 5.26. The standard InChI is InChI=1S/C26H28N2O6/c29-23(30)17-12-28(13-17)24(31)26(10-5-11-33-16-26)15-27-25(32)34-14-22-20-8-3-1-6-18(20)19-7-2-4-9-21(19)22/h1-4,6-9,17,22H,5,10-16H2,(H,27,32)(H,29,30). The van der Waals surface area contributed by atoms with E-state index in [4.69, 9.17) is 14.6 Å². The number of ether oxygens (including phenoxy) is 2. The highest BCUT2D eigenvalue weighted by Gasteiger charge is 2.47. The van der Waals surface area contributed by atoms with Gasteiger partial charge in [0.1, 0.15) is 6.61 Å². The molecule has 2 aliphatic heterocycles. The molecule has 0 aromatic heterocycles. The van der Waals surface area contributed by atoms with Crippen LogP contribution in [0, 0.1) is 11.3 Å². The summed E-state index contributed by atoms with van der Waals surface area (Å²) in [5.74, 6) is -1.63. The molecule has 8 nitrogen and oxygen atoms in total. The van der Waals surface area contributed by atoms with Crippen LogP contribution in [0.3, 0.4) is 0 Å². The number of nitrogens with zero attached hydrogens (tertiary/aromatic N) is 1. The Labute approximate surface area is 197 Å². The van der Waals surface area contributed by atoms with Crippen molar-refractivity contribution < 1.29 is 29.0 Å².